The van der Waals surface area contributed by atoms with Crippen LogP contribution in [-0.2, 0) is 0 Å². The summed E-state index contributed by atoms with van der Waals surface area (Å²) in [5, 5.41) is 4.87. The van der Waals surface area contributed by atoms with Gasteiger partial charge in [0.15, 0.2) is 0 Å². The molecule has 0 atom stereocenters. The lowest BCUT2D eigenvalue weighted by Crippen LogP contribution is -2.35. The number of carbonyl (C=O) groups excluding carboxylic acids is 1. The van der Waals surface area contributed by atoms with Crippen molar-refractivity contribution in [2.45, 2.75) is 0 Å². The summed E-state index contributed by atoms with van der Waals surface area (Å²) in [6, 6.07) is 25.0. The summed E-state index contributed by atoms with van der Waals surface area (Å²) >= 11 is 6.00. The second-order valence-corrected chi connectivity index (χ2v) is 7.72. The van der Waals surface area contributed by atoms with Gasteiger partial charge in [-0.05, 0) is 35.7 Å². The largest absolute Gasteiger partial charge is 0.496 e. The van der Waals surface area contributed by atoms with E-state index in [1.165, 1.54) is 23.1 Å². The molecule has 0 saturated carbocycles. The third-order valence-corrected chi connectivity index (χ3v) is 5.51. The molecule has 0 aliphatic heterocycles. The molecule has 0 aromatic heterocycles. The van der Waals surface area contributed by atoms with Crippen LogP contribution in [-0.4, -0.2) is 19.7 Å². The molecule has 0 radical (unpaired) electrons. The number of ether oxygens (including phenoxy) is 1. The van der Waals surface area contributed by atoms with Crippen LogP contribution in [0.2, 0.25) is 5.02 Å². The minimum absolute atomic E-state index is 0.0517. The average Bonchev–Trinajstić information content (AvgIpc) is 2.84. The van der Waals surface area contributed by atoms with Crippen molar-refractivity contribution in [2.75, 3.05) is 23.9 Å². The monoisotopic (exact) mass is 460 g/mol. The Kier molecular flexibility index (Phi) is 6.91. The number of fused-ring (bicyclic) bond motifs is 1. The number of urea groups is 1. The molecular formula is C27H22ClFN2O2. The second-order valence-electron chi connectivity index (χ2n) is 7.31. The molecule has 0 fully saturated rings. The molecule has 0 unspecified atom stereocenters. The van der Waals surface area contributed by atoms with Gasteiger partial charge in [-0.1, -0.05) is 78.4 Å². The number of nitrogens with zero attached hydrogens (tertiary/aromatic N) is 1. The summed E-state index contributed by atoms with van der Waals surface area (Å²) in [4.78, 5) is 14.8. The maximum absolute atomic E-state index is 13.8. The third-order valence-electron chi connectivity index (χ3n) is 5.22. The smallest absolute Gasteiger partial charge is 0.326 e. The highest BCUT2D eigenvalue weighted by Gasteiger charge is 2.17. The Labute approximate surface area is 196 Å². The number of hydrogen-bond acceptors (Lipinski definition) is 2. The number of amides is 2. The van der Waals surface area contributed by atoms with Crippen molar-refractivity contribution in [1.82, 2.24) is 0 Å². The molecule has 0 heterocycles. The number of carbonyl (C=O) groups is 1. The average molecular weight is 461 g/mol. The van der Waals surface area contributed by atoms with Gasteiger partial charge in [0.05, 0.1) is 17.8 Å². The van der Waals surface area contributed by atoms with Gasteiger partial charge in [0, 0.05) is 23.2 Å². The Balaban J connectivity index is 1.64. The molecule has 4 nitrogen and oxygen atoms in total. The fourth-order valence-corrected chi connectivity index (χ4v) is 3.74. The molecule has 4 aromatic rings. The minimum Gasteiger partial charge on any atom is -0.496 e. The van der Waals surface area contributed by atoms with Crippen LogP contribution in [0.5, 0.6) is 5.75 Å². The van der Waals surface area contributed by atoms with E-state index in [1.54, 1.807) is 7.11 Å². The van der Waals surface area contributed by atoms with Crippen molar-refractivity contribution in [2.24, 2.45) is 0 Å². The van der Waals surface area contributed by atoms with Gasteiger partial charge in [0.25, 0.3) is 0 Å². The van der Waals surface area contributed by atoms with Crippen molar-refractivity contribution in [3.63, 3.8) is 0 Å². The fraction of sp³-hybridized carbons (Fsp3) is 0.0741. The molecule has 4 rings (SSSR count). The lowest BCUT2D eigenvalue weighted by Gasteiger charge is -2.23. The topological polar surface area (TPSA) is 41.6 Å². The van der Waals surface area contributed by atoms with E-state index in [1.807, 2.05) is 78.9 Å². The van der Waals surface area contributed by atoms with E-state index in [9.17, 15) is 9.18 Å². The van der Waals surface area contributed by atoms with Crippen molar-refractivity contribution >= 4 is 45.9 Å². The first-order valence-electron chi connectivity index (χ1n) is 10.4. The first kappa shape index (κ1) is 22.4. The lowest BCUT2D eigenvalue weighted by molar-refractivity contribution is 0.257. The molecule has 1 N–H and O–H groups in total. The van der Waals surface area contributed by atoms with Crippen LogP contribution in [0.15, 0.2) is 91.0 Å². The van der Waals surface area contributed by atoms with E-state index in [2.05, 4.69) is 5.32 Å². The Morgan fingerprint density at radius 3 is 2.61 bits per heavy atom. The third kappa shape index (κ3) is 5.16. The number of hydrogen-bond donors (Lipinski definition) is 1. The van der Waals surface area contributed by atoms with E-state index in [4.69, 9.17) is 16.3 Å². The number of methoxy groups -OCH3 is 1. The highest BCUT2D eigenvalue weighted by atomic mass is 35.5. The maximum Gasteiger partial charge on any atom is 0.326 e. The zero-order valence-electron chi connectivity index (χ0n) is 18.0. The molecule has 0 spiro atoms. The molecular weight excluding hydrogens is 439 g/mol. The van der Waals surface area contributed by atoms with Crippen molar-refractivity contribution < 1.29 is 13.9 Å². The van der Waals surface area contributed by atoms with Crippen molar-refractivity contribution in [3.8, 4) is 5.75 Å². The van der Waals surface area contributed by atoms with Gasteiger partial charge >= 0.3 is 6.03 Å². The summed E-state index contributed by atoms with van der Waals surface area (Å²) in [6.07, 6.45) is 3.72. The number of benzene rings is 4. The standard InChI is InChI=1S/C27H22ClFN2O2/c1-33-26-14-5-3-9-20(26)11-7-17-31(21-15-16-24(29)23(28)18-21)27(32)30-25-13-6-10-19-8-2-4-12-22(19)25/h2-16,18H,17H2,1H3,(H,30,32)/b11-7+. The Morgan fingerprint density at radius 2 is 1.79 bits per heavy atom. The quantitative estimate of drug-likeness (QED) is 0.326. The van der Waals surface area contributed by atoms with E-state index >= 15 is 0 Å². The van der Waals surface area contributed by atoms with E-state index in [-0.39, 0.29) is 17.6 Å². The van der Waals surface area contributed by atoms with Gasteiger partial charge < -0.3 is 10.1 Å². The van der Waals surface area contributed by atoms with Crippen LogP contribution < -0.4 is 15.0 Å². The highest BCUT2D eigenvalue weighted by molar-refractivity contribution is 6.31. The molecule has 0 saturated heterocycles. The Bertz CT molecular complexity index is 1320. The molecule has 0 aliphatic carbocycles. The molecule has 0 aliphatic rings. The van der Waals surface area contributed by atoms with Crippen LogP contribution in [0.1, 0.15) is 5.56 Å². The molecule has 6 heteroatoms. The molecule has 0 bridgehead atoms. The molecule has 2 amide bonds. The maximum atomic E-state index is 13.8. The Hall–Kier alpha value is -3.83. The number of nitrogens with one attached hydrogen (secondary N) is 1. The highest BCUT2D eigenvalue weighted by Crippen LogP contribution is 2.27. The van der Waals surface area contributed by atoms with Crippen LogP contribution in [0.3, 0.4) is 0 Å². The minimum atomic E-state index is -0.542. The first-order chi connectivity index (χ1) is 16.1. The Morgan fingerprint density at radius 1 is 1.03 bits per heavy atom. The van der Waals surface area contributed by atoms with E-state index in [0.29, 0.717) is 11.4 Å². The van der Waals surface area contributed by atoms with Crippen molar-refractivity contribution in [1.29, 1.82) is 0 Å². The number of rotatable bonds is 6. The summed E-state index contributed by atoms with van der Waals surface area (Å²) in [6.45, 7) is 0.233. The van der Waals surface area contributed by atoms with Crippen molar-refractivity contribution in [3.05, 3.63) is 107 Å². The number of para-hydroxylation sites is 1. The van der Waals surface area contributed by atoms with Crippen LogP contribution in [0, 0.1) is 5.82 Å². The molecule has 166 valence electrons. The summed E-state index contributed by atoms with van der Waals surface area (Å²) in [5.74, 6) is 0.185. The molecule has 33 heavy (non-hydrogen) atoms. The predicted molar refractivity (Wildman–Crippen MR) is 134 cm³/mol. The SMILES string of the molecule is COc1ccccc1/C=C/CN(C(=O)Nc1cccc2ccccc12)c1ccc(F)c(Cl)c1. The second kappa shape index (κ2) is 10.2. The molecule has 4 aromatic carbocycles. The predicted octanol–water partition coefficient (Wildman–Crippen LogP) is 7.39. The van der Waals surface area contributed by atoms with Gasteiger partial charge in [0.2, 0.25) is 0 Å². The zero-order chi connectivity index (χ0) is 23.2. The fourth-order valence-electron chi connectivity index (χ4n) is 3.56. The zero-order valence-corrected chi connectivity index (χ0v) is 18.7. The summed E-state index contributed by atoms with van der Waals surface area (Å²) in [5.41, 5.74) is 2.04. The number of halogens is 2. The van der Waals surface area contributed by atoms with Crippen LogP contribution in [0.25, 0.3) is 16.8 Å². The van der Waals surface area contributed by atoms with Crippen LogP contribution >= 0.6 is 11.6 Å². The van der Waals surface area contributed by atoms with Gasteiger partial charge in [-0.2, -0.15) is 0 Å². The van der Waals surface area contributed by atoms with Gasteiger partial charge in [-0.25, -0.2) is 9.18 Å². The first-order valence-corrected chi connectivity index (χ1v) is 10.8. The summed E-state index contributed by atoms with van der Waals surface area (Å²) < 4.78 is 19.1. The summed E-state index contributed by atoms with van der Waals surface area (Å²) in [7, 11) is 1.61. The van der Waals surface area contributed by atoms with E-state index < -0.39 is 5.82 Å². The normalized spacial score (nSPS) is 11.0. The van der Waals surface area contributed by atoms with E-state index in [0.717, 1.165) is 22.1 Å². The van der Waals surface area contributed by atoms with Gasteiger partial charge in [0.1, 0.15) is 11.6 Å². The lowest BCUT2D eigenvalue weighted by atomic mass is 10.1. The number of anilines is 2. The van der Waals surface area contributed by atoms with Crippen LogP contribution in [0.4, 0.5) is 20.6 Å². The van der Waals surface area contributed by atoms with Gasteiger partial charge in [-0.15, -0.1) is 0 Å². The van der Waals surface area contributed by atoms with Gasteiger partial charge in [-0.3, -0.25) is 4.90 Å².